The Balaban J connectivity index is 1.99. The Hall–Kier alpha value is -1.87. The van der Waals surface area contributed by atoms with Crippen molar-refractivity contribution in [3.05, 3.63) is 44.8 Å². The normalized spacial score (nSPS) is 10.4. The first kappa shape index (κ1) is 15.5. The molecule has 0 aliphatic carbocycles. The number of carbonyl (C=O) groups excluding carboxylic acids is 1. The van der Waals surface area contributed by atoms with Crippen molar-refractivity contribution in [3.8, 4) is 0 Å². The van der Waals surface area contributed by atoms with Crippen molar-refractivity contribution in [2.24, 2.45) is 0 Å². The van der Waals surface area contributed by atoms with Crippen LogP contribution in [-0.4, -0.2) is 26.5 Å². The van der Waals surface area contributed by atoms with Gasteiger partial charge in [-0.3, -0.25) is 9.59 Å². The monoisotopic (exact) mass is 369 g/mol. The molecule has 21 heavy (non-hydrogen) atoms. The Morgan fingerprint density at radius 2 is 2.24 bits per heavy atom. The van der Waals surface area contributed by atoms with E-state index in [2.05, 4.69) is 31.4 Å². The van der Waals surface area contributed by atoms with E-state index in [1.165, 1.54) is 6.92 Å². The fourth-order valence-electron chi connectivity index (χ4n) is 1.46. The zero-order valence-corrected chi connectivity index (χ0v) is 13.4. The highest BCUT2D eigenvalue weighted by atomic mass is 79.9. The second kappa shape index (κ2) is 6.72. The molecule has 1 aromatic heterocycles. The molecule has 7 nitrogen and oxygen atoms in total. The number of benzene rings is 1. The third-order valence-corrected chi connectivity index (χ3v) is 3.90. The number of halogens is 1. The minimum Gasteiger partial charge on any atom is -0.334 e. The van der Waals surface area contributed by atoms with E-state index < -0.39 is 5.56 Å². The predicted molar refractivity (Wildman–Crippen MR) is 84.7 cm³/mol. The smallest absolute Gasteiger partial charge is 0.294 e. The van der Waals surface area contributed by atoms with Crippen molar-refractivity contribution in [3.63, 3.8) is 0 Å². The molecule has 0 radical (unpaired) electrons. The largest absolute Gasteiger partial charge is 0.334 e. The fraction of sp³-hybridized carbons (Fsp3) is 0.167. The molecule has 0 saturated carbocycles. The summed E-state index contributed by atoms with van der Waals surface area (Å²) in [6.45, 7) is 1.52. The topological polar surface area (TPSA) is 103 Å². The van der Waals surface area contributed by atoms with Crippen molar-refractivity contribution in [1.82, 2.24) is 14.9 Å². The van der Waals surface area contributed by atoms with E-state index in [1.54, 1.807) is 12.1 Å². The highest BCUT2D eigenvalue weighted by Crippen LogP contribution is 2.17. The molecular weight excluding hydrogens is 358 g/mol. The van der Waals surface area contributed by atoms with Gasteiger partial charge in [-0.15, -0.1) is 10.2 Å². The van der Waals surface area contributed by atoms with Gasteiger partial charge in [-0.1, -0.05) is 33.8 Å². The second-order valence-electron chi connectivity index (χ2n) is 4.09. The average molecular weight is 370 g/mol. The molecule has 0 unspecified atom stereocenters. The summed E-state index contributed by atoms with van der Waals surface area (Å²) in [4.78, 5) is 23.4. The van der Waals surface area contributed by atoms with Gasteiger partial charge in [-0.05, 0) is 25.1 Å². The summed E-state index contributed by atoms with van der Waals surface area (Å²) in [6, 6.07) is 7.24. The Morgan fingerprint density at radius 1 is 1.48 bits per heavy atom. The summed E-state index contributed by atoms with van der Waals surface area (Å²) < 4.78 is 1.76. The van der Waals surface area contributed by atoms with E-state index >= 15 is 0 Å². The lowest BCUT2D eigenvalue weighted by molar-refractivity contribution is -0.113. The molecule has 2 rings (SSSR count). The van der Waals surface area contributed by atoms with Crippen LogP contribution < -0.4 is 16.7 Å². The number of carbonyl (C=O) groups is 1. The van der Waals surface area contributed by atoms with Gasteiger partial charge in [0.25, 0.3) is 5.56 Å². The number of rotatable bonds is 4. The number of amides is 1. The lowest BCUT2D eigenvalue weighted by atomic mass is 10.3. The van der Waals surface area contributed by atoms with Crippen LogP contribution in [0, 0.1) is 6.92 Å². The number of anilines is 1. The van der Waals surface area contributed by atoms with E-state index in [0.717, 1.165) is 20.9 Å². The molecule has 3 N–H and O–H groups in total. The summed E-state index contributed by atoms with van der Waals surface area (Å²) in [5, 5.41) is 10.4. The molecule has 0 saturated heterocycles. The minimum atomic E-state index is -0.431. The summed E-state index contributed by atoms with van der Waals surface area (Å²) in [6.07, 6.45) is 0. The van der Waals surface area contributed by atoms with Crippen molar-refractivity contribution in [2.75, 3.05) is 16.9 Å². The van der Waals surface area contributed by atoms with Crippen molar-refractivity contribution < 1.29 is 4.79 Å². The lowest BCUT2D eigenvalue weighted by Gasteiger charge is -2.07. The van der Waals surface area contributed by atoms with Crippen molar-refractivity contribution >= 4 is 39.3 Å². The molecule has 0 bridgehead atoms. The van der Waals surface area contributed by atoms with E-state index in [4.69, 9.17) is 5.84 Å². The number of aryl methyl sites for hydroxylation is 1. The van der Waals surface area contributed by atoms with Crippen LogP contribution in [0.2, 0.25) is 0 Å². The fourth-order valence-corrected chi connectivity index (χ4v) is 2.51. The van der Waals surface area contributed by atoms with Gasteiger partial charge < -0.3 is 11.2 Å². The number of hydrogen-bond donors (Lipinski definition) is 2. The van der Waals surface area contributed by atoms with Gasteiger partial charge in [0.2, 0.25) is 11.1 Å². The highest BCUT2D eigenvalue weighted by molar-refractivity contribution is 9.10. The third kappa shape index (κ3) is 4.05. The molecule has 110 valence electrons. The van der Waals surface area contributed by atoms with Crippen molar-refractivity contribution in [1.29, 1.82) is 0 Å². The molecule has 0 spiro atoms. The zero-order valence-electron chi connectivity index (χ0n) is 11.0. The Labute approximate surface area is 133 Å². The first-order chi connectivity index (χ1) is 9.97. The Kier molecular flexibility index (Phi) is 4.97. The Morgan fingerprint density at radius 3 is 2.95 bits per heavy atom. The number of nitrogens with zero attached hydrogens (tertiary/aromatic N) is 3. The van der Waals surface area contributed by atoms with Crippen LogP contribution in [0.1, 0.15) is 5.69 Å². The summed E-state index contributed by atoms with van der Waals surface area (Å²) in [5.41, 5.74) is 0.454. The van der Waals surface area contributed by atoms with E-state index in [0.29, 0.717) is 5.69 Å². The molecule has 9 heteroatoms. The average Bonchev–Trinajstić information content (AvgIpc) is 2.44. The van der Waals surface area contributed by atoms with Gasteiger partial charge >= 0.3 is 0 Å². The summed E-state index contributed by atoms with van der Waals surface area (Å²) in [5.74, 6) is 5.43. The SMILES string of the molecule is Cc1nnc(SCC(=O)Nc2cccc(Br)c2)n(N)c1=O. The summed E-state index contributed by atoms with van der Waals surface area (Å²) >= 11 is 4.36. The number of hydrogen-bond acceptors (Lipinski definition) is 6. The maximum absolute atomic E-state index is 11.8. The predicted octanol–water partition coefficient (Wildman–Crippen LogP) is 1.15. The first-order valence-corrected chi connectivity index (χ1v) is 7.65. The van der Waals surface area contributed by atoms with Gasteiger partial charge in [0.05, 0.1) is 5.75 Å². The van der Waals surface area contributed by atoms with Gasteiger partial charge in [0, 0.05) is 10.2 Å². The second-order valence-corrected chi connectivity index (χ2v) is 5.95. The number of thioether (sulfide) groups is 1. The minimum absolute atomic E-state index is 0.0703. The molecule has 2 aromatic rings. The molecule has 0 aliphatic rings. The Bertz CT molecular complexity index is 734. The molecule has 1 aromatic carbocycles. The van der Waals surface area contributed by atoms with Gasteiger partial charge in [-0.25, -0.2) is 0 Å². The van der Waals surface area contributed by atoms with Crippen LogP contribution >= 0.6 is 27.7 Å². The highest BCUT2D eigenvalue weighted by Gasteiger charge is 2.10. The number of aromatic nitrogens is 3. The summed E-state index contributed by atoms with van der Waals surface area (Å²) in [7, 11) is 0. The maximum Gasteiger partial charge on any atom is 0.294 e. The van der Waals surface area contributed by atoms with Crippen LogP contribution in [-0.2, 0) is 4.79 Å². The standard InChI is InChI=1S/C12H12BrN5O2S/c1-7-11(20)18(14)12(17-16-7)21-6-10(19)15-9-4-2-3-8(13)5-9/h2-5H,6,14H2,1H3,(H,15,19). The zero-order chi connectivity index (χ0) is 15.4. The molecule has 1 amide bonds. The first-order valence-electron chi connectivity index (χ1n) is 5.87. The molecule has 0 aliphatic heterocycles. The van der Waals surface area contributed by atoms with Crippen LogP contribution in [0.4, 0.5) is 5.69 Å². The molecule has 0 atom stereocenters. The van der Waals surface area contributed by atoms with E-state index in [-0.39, 0.29) is 22.5 Å². The van der Waals surface area contributed by atoms with E-state index in [9.17, 15) is 9.59 Å². The van der Waals surface area contributed by atoms with E-state index in [1.807, 2.05) is 12.1 Å². The van der Waals surface area contributed by atoms with Crippen LogP contribution in [0.25, 0.3) is 0 Å². The third-order valence-electron chi connectivity index (χ3n) is 2.46. The number of nitrogens with one attached hydrogen (secondary N) is 1. The lowest BCUT2D eigenvalue weighted by Crippen LogP contribution is -2.32. The maximum atomic E-state index is 11.8. The van der Waals surface area contributed by atoms with Crippen LogP contribution in [0.3, 0.4) is 0 Å². The van der Waals surface area contributed by atoms with Gasteiger partial charge in [0.1, 0.15) is 5.69 Å². The van der Waals surface area contributed by atoms with Crippen LogP contribution in [0.5, 0.6) is 0 Å². The number of nitrogens with two attached hydrogens (primary N) is 1. The van der Waals surface area contributed by atoms with Crippen LogP contribution in [0.15, 0.2) is 38.7 Å². The molecule has 1 heterocycles. The van der Waals surface area contributed by atoms with Gasteiger partial charge in [-0.2, -0.15) is 4.68 Å². The molecular formula is C12H12BrN5O2S. The quantitative estimate of drug-likeness (QED) is 0.618. The van der Waals surface area contributed by atoms with Crippen molar-refractivity contribution in [2.45, 2.75) is 12.1 Å². The molecule has 0 fully saturated rings. The van der Waals surface area contributed by atoms with Gasteiger partial charge in [0.15, 0.2) is 0 Å². The number of nitrogen functional groups attached to an aromatic ring is 1.